The van der Waals surface area contributed by atoms with Crippen molar-refractivity contribution in [3.8, 4) is 0 Å². The summed E-state index contributed by atoms with van der Waals surface area (Å²) in [5.74, 6) is -0.0401. The number of carbonyl (C=O) groups excluding carboxylic acids is 1. The minimum absolute atomic E-state index is 0.0401. The molecule has 0 spiro atoms. The summed E-state index contributed by atoms with van der Waals surface area (Å²) in [4.78, 5) is 11.6. The molecule has 0 atom stereocenters. The average molecular weight is 374 g/mol. The fourth-order valence-electron chi connectivity index (χ4n) is 2.76. The predicted octanol–water partition coefficient (Wildman–Crippen LogP) is 2.46. The minimum atomic E-state index is -3.56. The second-order valence-corrected chi connectivity index (χ2v) is 7.92. The Labute approximate surface area is 153 Å². The van der Waals surface area contributed by atoms with Crippen molar-refractivity contribution in [3.05, 3.63) is 59.7 Å². The van der Waals surface area contributed by atoms with Crippen LogP contribution >= 0.6 is 0 Å². The first-order chi connectivity index (χ1) is 12.5. The van der Waals surface area contributed by atoms with Gasteiger partial charge in [0.1, 0.15) is 0 Å². The van der Waals surface area contributed by atoms with E-state index in [0.29, 0.717) is 44.7 Å². The van der Waals surface area contributed by atoms with Crippen molar-refractivity contribution in [1.29, 1.82) is 0 Å². The van der Waals surface area contributed by atoms with Gasteiger partial charge in [0.25, 0.3) is 0 Å². The molecule has 1 amide bonds. The van der Waals surface area contributed by atoms with Gasteiger partial charge in [0.05, 0.1) is 11.5 Å². The lowest BCUT2D eigenvalue weighted by molar-refractivity contribution is -0.116. The Kier molecular flexibility index (Phi) is 6.03. The molecule has 0 aliphatic carbocycles. The van der Waals surface area contributed by atoms with Gasteiger partial charge in [0, 0.05) is 25.3 Å². The lowest BCUT2D eigenvalue weighted by atomic mass is 10.0. The number of benzene rings is 2. The first-order valence-corrected chi connectivity index (χ1v) is 10.1. The summed E-state index contributed by atoms with van der Waals surface area (Å²) in [6.07, 6.45) is 1.52. The van der Waals surface area contributed by atoms with Crippen LogP contribution in [-0.4, -0.2) is 27.5 Å². The molecule has 7 heteroatoms. The van der Waals surface area contributed by atoms with E-state index in [1.165, 1.54) is 6.07 Å². The summed E-state index contributed by atoms with van der Waals surface area (Å²) in [6, 6.07) is 14.6. The highest BCUT2D eigenvalue weighted by Crippen LogP contribution is 2.25. The number of ether oxygens (including phenoxy) is 1. The van der Waals surface area contributed by atoms with Gasteiger partial charge < -0.3 is 10.1 Å². The van der Waals surface area contributed by atoms with Gasteiger partial charge in [0.15, 0.2) is 0 Å². The van der Waals surface area contributed by atoms with Crippen molar-refractivity contribution in [2.45, 2.75) is 30.8 Å². The number of hydrogen-bond donors (Lipinski definition) is 2. The topological polar surface area (TPSA) is 84.5 Å². The zero-order valence-electron chi connectivity index (χ0n) is 14.4. The summed E-state index contributed by atoms with van der Waals surface area (Å²) in [5.41, 5.74) is 2.63. The van der Waals surface area contributed by atoms with Crippen LogP contribution in [0.5, 0.6) is 0 Å². The molecule has 0 saturated carbocycles. The molecule has 3 rings (SSSR count). The number of sulfonamides is 1. The van der Waals surface area contributed by atoms with E-state index in [4.69, 9.17) is 4.74 Å². The molecule has 2 aromatic rings. The average Bonchev–Trinajstić information content (AvgIpc) is 2.65. The summed E-state index contributed by atoms with van der Waals surface area (Å²) in [7, 11) is -3.56. The molecule has 26 heavy (non-hydrogen) atoms. The Morgan fingerprint density at radius 2 is 1.88 bits per heavy atom. The monoisotopic (exact) mass is 374 g/mol. The molecule has 6 nitrogen and oxygen atoms in total. The van der Waals surface area contributed by atoms with Gasteiger partial charge in [0.2, 0.25) is 15.9 Å². The van der Waals surface area contributed by atoms with Gasteiger partial charge in [-0.15, -0.1) is 0 Å². The highest BCUT2D eigenvalue weighted by molar-refractivity contribution is 7.89. The van der Waals surface area contributed by atoms with E-state index in [-0.39, 0.29) is 10.8 Å². The Bertz CT molecular complexity index is 866. The van der Waals surface area contributed by atoms with Crippen LogP contribution in [0.25, 0.3) is 0 Å². The maximum absolute atomic E-state index is 12.4. The smallest absolute Gasteiger partial charge is 0.240 e. The number of fused-ring (bicyclic) bond motifs is 1. The molecule has 2 N–H and O–H groups in total. The van der Waals surface area contributed by atoms with Crippen LogP contribution in [-0.2, 0) is 32.6 Å². The number of anilines is 1. The van der Waals surface area contributed by atoms with Gasteiger partial charge in [-0.1, -0.05) is 30.3 Å². The van der Waals surface area contributed by atoms with Crippen molar-refractivity contribution in [2.75, 3.05) is 18.5 Å². The van der Waals surface area contributed by atoms with Crippen LogP contribution in [0, 0.1) is 0 Å². The van der Waals surface area contributed by atoms with Crippen molar-refractivity contribution in [1.82, 2.24) is 4.72 Å². The number of amides is 1. The highest BCUT2D eigenvalue weighted by Gasteiger charge is 2.19. The quantitative estimate of drug-likeness (QED) is 0.695. The van der Waals surface area contributed by atoms with E-state index in [2.05, 4.69) is 10.0 Å². The Balaban J connectivity index is 1.46. The predicted molar refractivity (Wildman–Crippen MR) is 99.3 cm³/mol. The Morgan fingerprint density at radius 1 is 1.08 bits per heavy atom. The maximum Gasteiger partial charge on any atom is 0.240 e. The lowest BCUT2D eigenvalue weighted by Gasteiger charge is -2.17. The third-order valence-electron chi connectivity index (χ3n) is 4.15. The molecule has 138 valence electrons. The largest absolute Gasteiger partial charge is 0.377 e. The first kappa shape index (κ1) is 18.6. The van der Waals surface area contributed by atoms with E-state index >= 15 is 0 Å². The van der Waals surface area contributed by atoms with Crippen LogP contribution in [0.2, 0.25) is 0 Å². The normalized spacial score (nSPS) is 13.9. The SMILES string of the molecule is O=C1CCc2cc(S(=O)(=O)NCCCOCc3ccccc3)ccc2N1. The summed E-state index contributed by atoms with van der Waals surface area (Å²) in [5, 5.41) is 2.75. The number of carbonyl (C=O) groups is 1. The zero-order chi connectivity index (χ0) is 18.4. The van der Waals surface area contributed by atoms with E-state index in [1.54, 1.807) is 12.1 Å². The van der Waals surface area contributed by atoms with Crippen molar-refractivity contribution in [2.24, 2.45) is 0 Å². The van der Waals surface area contributed by atoms with Gasteiger partial charge >= 0.3 is 0 Å². The van der Waals surface area contributed by atoms with Crippen LogP contribution < -0.4 is 10.0 Å². The second kappa shape index (κ2) is 8.44. The van der Waals surface area contributed by atoms with E-state index in [1.807, 2.05) is 30.3 Å². The molecule has 1 aliphatic rings. The van der Waals surface area contributed by atoms with E-state index in [0.717, 1.165) is 11.1 Å². The molecular formula is C19H22N2O4S. The third-order valence-corrected chi connectivity index (χ3v) is 5.61. The van der Waals surface area contributed by atoms with Crippen LogP contribution in [0.3, 0.4) is 0 Å². The van der Waals surface area contributed by atoms with Crippen molar-refractivity contribution >= 4 is 21.6 Å². The van der Waals surface area contributed by atoms with Crippen LogP contribution in [0.15, 0.2) is 53.4 Å². The van der Waals surface area contributed by atoms with Crippen molar-refractivity contribution in [3.63, 3.8) is 0 Å². The van der Waals surface area contributed by atoms with Gasteiger partial charge in [-0.25, -0.2) is 13.1 Å². The molecule has 2 aromatic carbocycles. The van der Waals surface area contributed by atoms with Crippen LogP contribution in [0.1, 0.15) is 24.0 Å². The summed E-state index contributed by atoms with van der Waals surface area (Å²) in [6.45, 7) is 1.31. The molecule has 0 radical (unpaired) electrons. The van der Waals surface area contributed by atoms with E-state index in [9.17, 15) is 13.2 Å². The number of aryl methyl sites for hydroxylation is 1. The molecule has 0 fully saturated rings. The number of nitrogens with one attached hydrogen (secondary N) is 2. The zero-order valence-corrected chi connectivity index (χ0v) is 15.2. The highest BCUT2D eigenvalue weighted by atomic mass is 32.2. The Morgan fingerprint density at radius 3 is 2.69 bits per heavy atom. The Hall–Kier alpha value is -2.22. The molecule has 0 saturated heterocycles. The molecule has 1 heterocycles. The fraction of sp³-hybridized carbons (Fsp3) is 0.316. The second-order valence-electron chi connectivity index (χ2n) is 6.16. The fourth-order valence-corrected chi connectivity index (χ4v) is 3.88. The summed E-state index contributed by atoms with van der Waals surface area (Å²) < 4.78 is 32.9. The molecule has 1 aliphatic heterocycles. The van der Waals surface area contributed by atoms with Crippen molar-refractivity contribution < 1.29 is 17.9 Å². The minimum Gasteiger partial charge on any atom is -0.377 e. The van der Waals surface area contributed by atoms with Crippen LogP contribution in [0.4, 0.5) is 5.69 Å². The molecule has 0 aromatic heterocycles. The maximum atomic E-state index is 12.4. The van der Waals surface area contributed by atoms with E-state index < -0.39 is 10.0 Å². The molecule has 0 bridgehead atoms. The van der Waals surface area contributed by atoms with Gasteiger partial charge in [-0.3, -0.25) is 4.79 Å². The number of hydrogen-bond acceptors (Lipinski definition) is 4. The number of rotatable bonds is 8. The molecular weight excluding hydrogens is 352 g/mol. The third kappa shape index (κ3) is 4.91. The van der Waals surface area contributed by atoms with Gasteiger partial charge in [-0.2, -0.15) is 0 Å². The molecule has 0 unspecified atom stereocenters. The lowest BCUT2D eigenvalue weighted by Crippen LogP contribution is -2.26. The first-order valence-electron chi connectivity index (χ1n) is 8.59. The standard InChI is InChI=1S/C19H22N2O4S/c22-19-10-7-16-13-17(8-9-18(16)21-19)26(23,24)20-11-4-12-25-14-15-5-2-1-3-6-15/h1-3,5-6,8-9,13,20H,4,7,10-12,14H2,(H,21,22). The summed E-state index contributed by atoms with van der Waals surface area (Å²) >= 11 is 0. The van der Waals surface area contributed by atoms with Gasteiger partial charge in [-0.05, 0) is 42.2 Å².